The van der Waals surface area contributed by atoms with E-state index in [-0.39, 0.29) is 25.3 Å². The summed E-state index contributed by atoms with van der Waals surface area (Å²) in [6.07, 6.45) is 2.04. The van der Waals surface area contributed by atoms with Crippen LogP contribution in [-0.2, 0) is 35.6 Å². The number of aromatic nitrogens is 2. The monoisotopic (exact) mass is 482 g/mol. The number of amides is 2. The number of aryl methyl sites for hydroxylation is 1. The van der Waals surface area contributed by atoms with Gasteiger partial charge in [0.05, 0.1) is 11.9 Å². The molecular formula is C28H26N4O4. The zero-order chi connectivity index (χ0) is 25.1. The van der Waals surface area contributed by atoms with E-state index in [1.807, 2.05) is 73.7 Å². The Kier molecular flexibility index (Phi) is 6.60. The zero-order valence-electron chi connectivity index (χ0n) is 19.8. The SMILES string of the molecule is Cc1cc(COc2ccc(CC(=O)N3Cc4cccnc4CC3C(=O)NO)cc2)c2ccccc2n1. The van der Waals surface area contributed by atoms with Gasteiger partial charge < -0.3 is 9.64 Å². The van der Waals surface area contributed by atoms with Crippen LogP contribution in [0.5, 0.6) is 5.75 Å². The largest absolute Gasteiger partial charge is 0.489 e. The van der Waals surface area contributed by atoms with Gasteiger partial charge in [0.2, 0.25) is 5.91 Å². The molecule has 1 aliphatic rings. The highest BCUT2D eigenvalue weighted by molar-refractivity contribution is 5.88. The van der Waals surface area contributed by atoms with E-state index in [1.54, 1.807) is 11.7 Å². The van der Waals surface area contributed by atoms with Crippen molar-refractivity contribution < 1.29 is 19.5 Å². The molecular weight excluding hydrogens is 456 g/mol. The highest BCUT2D eigenvalue weighted by atomic mass is 16.5. The van der Waals surface area contributed by atoms with Crippen molar-refractivity contribution in [3.8, 4) is 5.75 Å². The van der Waals surface area contributed by atoms with Crippen molar-refractivity contribution in [2.24, 2.45) is 0 Å². The average molecular weight is 483 g/mol. The summed E-state index contributed by atoms with van der Waals surface area (Å²) < 4.78 is 6.02. The molecule has 0 fully saturated rings. The Morgan fingerprint density at radius 2 is 1.92 bits per heavy atom. The number of nitrogens with zero attached hydrogens (tertiary/aromatic N) is 3. The van der Waals surface area contributed by atoms with Crippen LogP contribution in [0.3, 0.4) is 0 Å². The van der Waals surface area contributed by atoms with E-state index in [1.165, 1.54) is 4.90 Å². The van der Waals surface area contributed by atoms with Crippen LogP contribution in [-0.4, -0.2) is 37.9 Å². The number of carbonyl (C=O) groups excluding carboxylic acids is 2. The number of ether oxygens (including phenoxy) is 1. The second-order valence-corrected chi connectivity index (χ2v) is 8.88. The number of hydrogen-bond acceptors (Lipinski definition) is 6. The molecule has 2 amide bonds. The molecule has 5 rings (SSSR count). The normalized spacial score (nSPS) is 14.8. The van der Waals surface area contributed by atoms with Crippen LogP contribution >= 0.6 is 0 Å². The first-order valence-electron chi connectivity index (χ1n) is 11.7. The number of nitrogens with one attached hydrogen (secondary N) is 1. The van der Waals surface area contributed by atoms with Gasteiger partial charge in [0.15, 0.2) is 0 Å². The first kappa shape index (κ1) is 23.4. The number of rotatable bonds is 6. The maximum absolute atomic E-state index is 13.2. The summed E-state index contributed by atoms with van der Waals surface area (Å²) in [5, 5.41) is 10.2. The van der Waals surface area contributed by atoms with Crippen LogP contribution in [0.2, 0.25) is 0 Å². The number of hydrogen-bond donors (Lipinski definition) is 2. The third-order valence-corrected chi connectivity index (χ3v) is 6.42. The Balaban J connectivity index is 1.26. The third-order valence-electron chi connectivity index (χ3n) is 6.42. The van der Waals surface area contributed by atoms with Crippen molar-refractivity contribution in [1.82, 2.24) is 20.3 Å². The maximum atomic E-state index is 13.2. The number of carbonyl (C=O) groups is 2. The van der Waals surface area contributed by atoms with Crippen molar-refractivity contribution in [1.29, 1.82) is 0 Å². The van der Waals surface area contributed by atoms with Crippen LogP contribution in [0, 0.1) is 6.92 Å². The number of para-hydroxylation sites is 1. The van der Waals surface area contributed by atoms with E-state index in [0.717, 1.165) is 39.0 Å². The summed E-state index contributed by atoms with van der Waals surface area (Å²) >= 11 is 0. The highest BCUT2D eigenvalue weighted by Gasteiger charge is 2.35. The van der Waals surface area contributed by atoms with Gasteiger partial charge in [0, 0.05) is 41.5 Å². The minimum atomic E-state index is -0.814. The molecule has 0 bridgehead atoms. The Hall–Kier alpha value is -4.30. The Bertz CT molecular complexity index is 1420. The van der Waals surface area contributed by atoms with Gasteiger partial charge in [-0.3, -0.25) is 24.8 Å². The predicted octanol–water partition coefficient (Wildman–Crippen LogP) is 3.52. The quantitative estimate of drug-likeness (QED) is 0.322. The molecule has 0 spiro atoms. The molecule has 2 aromatic heterocycles. The molecule has 8 nitrogen and oxygen atoms in total. The first-order valence-corrected chi connectivity index (χ1v) is 11.7. The van der Waals surface area contributed by atoms with Gasteiger partial charge in [-0.25, -0.2) is 5.48 Å². The number of pyridine rings is 2. The molecule has 2 N–H and O–H groups in total. The molecule has 0 radical (unpaired) electrons. The molecule has 4 aromatic rings. The topological polar surface area (TPSA) is 105 Å². The maximum Gasteiger partial charge on any atom is 0.266 e. The minimum absolute atomic E-state index is 0.124. The predicted molar refractivity (Wildman–Crippen MR) is 133 cm³/mol. The van der Waals surface area contributed by atoms with E-state index >= 15 is 0 Å². The first-order chi connectivity index (χ1) is 17.5. The molecule has 8 heteroatoms. The summed E-state index contributed by atoms with van der Waals surface area (Å²) in [4.78, 5) is 35.8. The Morgan fingerprint density at radius 3 is 2.72 bits per heavy atom. The molecule has 0 aliphatic carbocycles. The standard InChI is InChI=1S/C28H26N4O4/c1-18-13-21(23-6-2-3-7-24(23)30-18)17-36-22-10-8-19(9-11-22)14-27(33)32-16-20-5-4-12-29-25(20)15-26(32)28(34)31-35/h2-13,26,35H,14-17H2,1H3,(H,31,34). The van der Waals surface area contributed by atoms with Crippen molar-refractivity contribution in [3.63, 3.8) is 0 Å². The lowest BCUT2D eigenvalue weighted by Crippen LogP contribution is -2.52. The molecule has 2 aromatic carbocycles. The van der Waals surface area contributed by atoms with Gasteiger partial charge in [-0.2, -0.15) is 0 Å². The van der Waals surface area contributed by atoms with Gasteiger partial charge in [-0.1, -0.05) is 36.4 Å². The van der Waals surface area contributed by atoms with E-state index in [2.05, 4.69) is 9.97 Å². The zero-order valence-corrected chi connectivity index (χ0v) is 19.8. The van der Waals surface area contributed by atoms with Crippen LogP contribution in [0.4, 0.5) is 0 Å². The molecule has 0 saturated carbocycles. The second kappa shape index (κ2) is 10.1. The van der Waals surface area contributed by atoms with Gasteiger partial charge >= 0.3 is 0 Å². The lowest BCUT2D eigenvalue weighted by atomic mass is 9.97. The van der Waals surface area contributed by atoms with Crippen molar-refractivity contribution in [2.45, 2.75) is 39.0 Å². The van der Waals surface area contributed by atoms with Crippen molar-refractivity contribution in [3.05, 3.63) is 101 Å². The fourth-order valence-electron chi connectivity index (χ4n) is 4.61. The molecule has 1 unspecified atom stereocenters. The summed E-state index contributed by atoms with van der Waals surface area (Å²) in [7, 11) is 0. The number of fused-ring (bicyclic) bond motifs is 2. The fourth-order valence-corrected chi connectivity index (χ4v) is 4.61. The average Bonchev–Trinajstić information content (AvgIpc) is 2.91. The summed E-state index contributed by atoms with van der Waals surface area (Å²) in [6.45, 7) is 2.63. The van der Waals surface area contributed by atoms with E-state index in [0.29, 0.717) is 12.4 Å². The number of hydroxylamine groups is 1. The van der Waals surface area contributed by atoms with Crippen LogP contribution < -0.4 is 10.2 Å². The van der Waals surface area contributed by atoms with Gasteiger partial charge in [-0.05, 0) is 48.4 Å². The van der Waals surface area contributed by atoms with E-state index < -0.39 is 11.9 Å². The van der Waals surface area contributed by atoms with E-state index in [9.17, 15) is 14.8 Å². The summed E-state index contributed by atoms with van der Waals surface area (Å²) in [6, 6.07) is 20.3. The summed E-state index contributed by atoms with van der Waals surface area (Å²) in [5.41, 5.74) is 7.08. The summed E-state index contributed by atoms with van der Waals surface area (Å²) in [5.74, 6) is -0.131. The minimum Gasteiger partial charge on any atom is -0.489 e. The van der Waals surface area contributed by atoms with Crippen molar-refractivity contribution >= 4 is 22.7 Å². The van der Waals surface area contributed by atoms with Crippen LogP contribution in [0.1, 0.15) is 28.1 Å². The van der Waals surface area contributed by atoms with Crippen LogP contribution in [0.15, 0.2) is 72.9 Å². The fraction of sp³-hybridized carbons (Fsp3) is 0.214. The molecule has 0 saturated heterocycles. The van der Waals surface area contributed by atoms with Crippen molar-refractivity contribution in [2.75, 3.05) is 0 Å². The van der Waals surface area contributed by atoms with Crippen LogP contribution in [0.25, 0.3) is 10.9 Å². The number of benzene rings is 2. The Labute approximate surface area is 208 Å². The van der Waals surface area contributed by atoms with Gasteiger partial charge in [0.25, 0.3) is 5.91 Å². The molecule has 1 aliphatic heterocycles. The molecule has 36 heavy (non-hydrogen) atoms. The molecule has 182 valence electrons. The molecule has 1 atom stereocenters. The lowest BCUT2D eigenvalue weighted by Gasteiger charge is -2.35. The van der Waals surface area contributed by atoms with Gasteiger partial charge in [-0.15, -0.1) is 0 Å². The second-order valence-electron chi connectivity index (χ2n) is 8.88. The lowest BCUT2D eigenvalue weighted by molar-refractivity contribution is -0.145. The smallest absolute Gasteiger partial charge is 0.266 e. The van der Waals surface area contributed by atoms with E-state index in [4.69, 9.17) is 4.74 Å². The van der Waals surface area contributed by atoms with Gasteiger partial charge in [0.1, 0.15) is 18.4 Å². The Morgan fingerprint density at radius 1 is 1.11 bits per heavy atom. The third kappa shape index (κ3) is 4.89. The highest BCUT2D eigenvalue weighted by Crippen LogP contribution is 2.24. The molecule has 3 heterocycles.